The van der Waals surface area contributed by atoms with Gasteiger partial charge in [0.05, 0.1) is 0 Å². The Hall–Kier alpha value is 0.223. The Balaban J connectivity index is -0.000000136. The van der Waals surface area contributed by atoms with Gasteiger partial charge in [-0.05, 0) is 0 Å². The van der Waals surface area contributed by atoms with Crippen molar-refractivity contribution < 1.29 is 52.2 Å². The first-order valence-electron chi connectivity index (χ1n) is 15.1. The molecule has 0 saturated heterocycles. The van der Waals surface area contributed by atoms with Crippen molar-refractivity contribution >= 4 is 15.4 Å². The van der Waals surface area contributed by atoms with E-state index in [1.54, 1.807) is 0 Å². The van der Waals surface area contributed by atoms with Gasteiger partial charge in [0.15, 0.2) is 0 Å². The second-order valence-corrected chi connectivity index (χ2v) is 13.5. The first-order chi connectivity index (χ1) is 18.8. The van der Waals surface area contributed by atoms with E-state index in [4.69, 9.17) is 0 Å². The molecule has 1 rings (SSSR count). The molecule has 6 atom stereocenters. The van der Waals surface area contributed by atoms with Crippen LogP contribution in [0.5, 0.6) is 0 Å². The van der Waals surface area contributed by atoms with Crippen LogP contribution in [0.2, 0.25) is 0 Å². The van der Waals surface area contributed by atoms with E-state index >= 15 is 0 Å². The third kappa shape index (κ3) is 49.9. The first-order valence-corrected chi connectivity index (χ1v) is 17.5. The summed E-state index contributed by atoms with van der Waals surface area (Å²) in [5, 5.41) is 3.57. The van der Waals surface area contributed by atoms with E-state index in [1.807, 2.05) is 30.3 Å². The average molecular weight is 840 g/mol. The van der Waals surface area contributed by atoms with Crippen LogP contribution in [-0.2, 0) is 25.8 Å². The summed E-state index contributed by atoms with van der Waals surface area (Å²) < 4.78 is 65.4. The van der Waals surface area contributed by atoms with E-state index < -0.39 is 25.4 Å². The third-order valence-electron chi connectivity index (χ3n) is 5.95. The molecule has 0 aliphatic rings. The molecule has 0 aliphatic heterocycles. The summed E-state index contributed by atoms with van der Waals surface area (Å²) in [6.45, 7) is 26.1. The van der Waals surface area contributed by atoms with Crippen molar-refractivity contribution in [3.05, 3.63) is 46.3 Å². The minimum atomic E-state index is -4.98. The summed E-state index contributed by atoms with van der Waals surface area (Å²) in [7, 11) is 0. The standard InChI is InChI=1S/3C8H18N.C5H5.C2HF6Ge.Hf/c3*1-5-7(3)9-8(4)6-2;1-2-4-5-3-1;3-1(4,5)9-2(6,7)8;/h3*7-8H,5-6H2,1-4H3;1-5H;9H;/q4*-1;;+4. The maximum absolute atomic E-state index is 10.9. The fourth-order valence-electron chi connectivity index (χ4n) is 2.44. The Morgan fingerprint density at radius 1 is 0.500 bits per heavy atom. The molecule has 0 aliphatic carbocycles. The van der Waals surface area contributed by atoms with Gasteiger partial charge in [-0.2, -0.15) is 18.2 Å². The molecule has 1 radical (unpaired) electrons. The number of hydrogen-bond acceptors (Lipinski definition) is 0. The number of hydrogen-bond donors (Lipinski definition) is 0. The zero-order valence-corrected chi connectivity index (χ0v) is 34.3. The van der Waals surface area contributed by atoms with Gasteiger partial charge in [-0.1, -0.05) is 122 Å². The number of halogens is 6. The van der Waals surface area contributed by atoms with E-state index in [-0.39, 0.29) is 25.8 Å². The number of rotatable bonds is 12. The van der Waals surface area contributed by atoms with Crippen molar-refractivity contribution in [2.24, 2.45) is 0 Å². The summed E-state index contributed by atoms with van der Waals surface area (Å²) in [6.07, 6.45) is 7.03. The minimum Gasteiger partial charge on any atom is -0.214 e. The van der Waals surface area contributed by atoms with Crippen LogP contribution in [0.1, 0.15) is 122 Å². The molecule has 0 amide bonds. The molecule has 42 heavy (non-hydrogen) atoms. The Morgan fingerprint density at radius 2 is 0.690 bits per heavy atom. The van der Waals surface area contributed by atoms with Gasteiger partial charge >= 0.3 is 77.6 Å². The molecule has 0 N–H and O–H groups in total. The van der Waals surface area contributed by atoms with Gasteiger partial charge in [-0.25, -0.2) is 12.1 Å². The smallest absolute Gasteiger partial charge is 0.214 e. The molecule has 6 unspecified atom stereocenters. The van der Waals surface area contributed by atoms with Gasteiger partial charge < -0.3 is 16.0 Å². The van der Waals surface area contributed by atoms with Gasteiger partial charge in [0.1, 0.15) is 0 Å². The molecule has 249 valence electrons. The van der Waals surface area contributed by atoms with Crippen molar-refractivity contribution in [3.8, 4) is 0 Å². The molecule has 11 heteroatoms. The van der Waals surface area contributed by atoms with E-state index in [1.165, 1.54) is 38.5 Å². The van der Waals surface area contributed by atoms with Crippen LogP contribution < -0.4 is 0 Å². The predicted octanol–water partition coefficient (Wildman–Crippen LogP) is 11.7. The van der Waals surface area contributed by atoms with E-state index in [9.17, 15) is 26.3 Å². The monoisotopic (exact) mass is 842 g/mol. The van der Waals surface area contributed by atoms with Crippen LogP contribution in [0.15, 0.2) is 30.3 Å². The Morgan fingerprint density at radius 3 is 0.762 bits per heavy atom. The predicted molar refractivity (Wildman–Crippen MR) is 170 cm³/mol. The molecule has 0 spiro atoms. The van der Waals surface area contributed by atoms with Crippen LogP contribution >= 0.6 is 0 Å². The molecule has 3 nitrogen and oxygen atoms in total. The molecular formula is C31H60F6GeHfN3. The number of alkyl halides is 6. The molecule has 0 saturated carbocycles. The van der Waals surface area contributed by atoms with Crippen LogP contribution in [0.3, 0.4) is 0 Å². The summed E-state index contributed by atoms with van der Waals surface area (Å²) in [5.74, 6) is 0. The zero-order chi connectivity index (χ0) is 33.1. The summed E-state index contributed by atoms with van der Waals surface area (Å²) in [5.41, 5.74) is 0. The second-order valence-electron chi connectivity index (χ2n) is 10.2. The molecule has 1 aromatic rings. The quantitative estimate of drug-likeness (QED) is 0.114. The van der Waals surface area contributed by atoms with Crippen molar-refractivity contribution in [2.75, 3.05) is 0 Å². The van der Waals surface area contributed by atoms with Crippen molar-refractivity contribution in [1.82, 2.24) is 0 Å². The largest absolute Gasteiger partial charge is 4.00 e. The van der Waals surface area contributed by atoms with Gasteiger partial charge in [-0.15, -0.1) is 36.3 Å². The molecule has 0 aromatic heterocycles. The van der Waals surface area contributed by atoms with E-state index in [2.05, 4.69) is 99.0 Å². The van der Waals surface area contributed by atoms with Crippen molar-refractivity contribution in [2.45, 2.75) is 168 Å². The van der Waals surface area contributed by atoms with Crippen LogP contribution in [0.25, 0.3) is 16.0 Å². The van der Waals surface area contributed by atoms with Crippen LogP contribution in [0.4, 0.5) is 26.3 Å². The maximum Gasteiger partial charge on any atom is 4.00 e. The Kier molecular flexibility index (Phi) is 40.2. The molecule has 1 aromatic carbocycles. The fourth-order valence-corrected chi connectivity index (χ4v) is 3.22. The first kappa shape index (κ1) is 51.8. The van der Waals surface area contributed by atoms with Crippen molar-refractivity contribution in [3.63, 3.8) is 0 Å². The normalized spacial score (nSPS) is 15.1. The average Bonchev–Trinajstić information content (AvgIpc) is 3.47. The molecule has 0 bridgehead atoms. The van der Waals surface area contributed by atoms with Crippen LogP contribution in [0, 0.1) is 0 Å². The maximum atomic E-state index is 10.9. The summed E-state index contributed by atoms with van der Waals surface area (Å²) in [6, 6.07) is 13.3. The Labute approximate surface area is 280 Å². The molecule has 0 fully saturated rings. The van der Waals surface area contributed by atoms with E-state index in [0.29, 0.717) is 36.3 Å². The third-order valence-corrected chi connectivity index (χ3v) is 7.33. The van der Waals surface area contributed by atoms with E-state index in [0.717, 1.165) is 0 Å². The van der Waals surface area contributed by atoms with Gasteiger partial charge in [0.2, 0.25) is 0 Å². The van der Waals surface area contributed by atoms with Crippen LogP contribution in [-0.4, -0.2) is 61.7 Å². The second kappa shape index (κ2) is 32.6. The summed E-state index contributed by atoms with van der Waals surface area (Å²) >= 11 is -4.06. The van der Waals surface area contributed by atoms with Gasteiger partial charge in [-0.3, -0.25) is 0 Å². The topological polar surface area (TPSA) is 42.3 Å². The van der Waals surface area contributed by atoms with Gasteiger partial charge in [0, 0.05) is 0 Å². The SMILES string of the molecule is CCC(C)[N-]C(C)CC.CCC(C)[N-]C(C)CC.CCC(C)[N-]C(C)CC.F[C](F)(F)[GeH][C](F)(F)F.[Hf+4].c1cc[cH-]c1. The molecule has 0 heterocycles. The fraction of sp³-hybridized carbons (Fsp3) is 0.839. The molecular weight excluding hydrogens is 779 g/mol. The minimum absolute atomic E-state index is 0. The summed E-state index contributed by atoms with van der Waals surface area (Å²) in [4.78, 5) is 0. The van der Waals surface area contributed by atoms with Crippen molar-refractivity contribution in [1.29, 1.82) is 0 Å². The Bertz CT molecular complexity index is 523. The van der Waals surface area contributed by atoms with Gasteiger partial charge in [0.25, 0.3) is 0 Å². The number of nitrogens with zero attached hydrogens (tertiary/aromatic N) is 3. The zero-order valence-electron chi connectivity index (χ0n) is 28.3.